The third-order valence-electron chi connectivity index (χ3n) is 1.52. The Morgan fingerprint density at radius 1 is 1.13 bits per heavy atom. The van der Waals surface area contributed by atoms with Crippen molar-refractivity contribution >= 4 is 6.47 Å². The number of rotatable bonds is 3. The lowest BCUT2D eigenvalue weighted by Gasteiger charge is -2.13. The Bertz CT molecular complexity index is 391. The predicted molar refractivity (Wildman–Crippen MR) is 37.0 cm³/mol. The molecule has 81 valence electrons. The molecule has 0 aromatic heterocycles. The molecule has 0 saturated heterocycles. The van der Waals surface area contributed by atoms with E-state index in [0.29, 0.717) is 6.47 Å². The SMILES string of the molecule is O=[C]OC(F)(F)c1ccc(F)c(F)c1F. The smallest absolute Gasteiger partial charge is 0.388 e. The Morgan fingerprint density at radius 2 is 1.73 bits per heavy atom. The Balaban J connectivity index is 3.26. The molecule has 0 amide bonds. The van der Waals surface area contributed by atoms with Gasteiger partial charge in [0.05, 0.1) is 0 Å². The molecular formula is C8H2F5O2. The Morgan fingerprint density at radius 3 is 2.27 bits per heavy atom. The van der Waals surface area contributed by atoms with Crippen LogP contribution in [0.15, 0.2) is 12.1 Å². The lowest BCUT2D eigenvalue weighted by atomic mass is 10.2. The van der Waals surface area contributed by atoms with Crippen LogP contribution in [0.2, 0.25) is 0 Å². The second-order valence-corrected chi connectivity index (χ2v) is 2.43. The summed E-state index contributed by atoms with van der Waals surface area (Å²) in [7, 11) is 0. The molecule has 7 heteroatoms. The van der Waals surface area contributed by atoms with Crippen LogP contribution >= 0.6 is 0 Å². The van der Waals surface area contributed by atoms with E-state index in [2.05, 4.69) is 4.74 Å². The second-order valence-electron chi connectivity index (χ2n) is 2.43. The largest absolute Gasteiger partial charge is 0.432 e. The highest BCUT2D eigenvalue weighted by atomic mass is 19.3. The van der Waals surface area contributed by atoms with E-state index in [1.165, 1.54) is 0 Å². The highest BCUT2D eigenvalue weighted by molar-refractivity contribution is 5.40. The first-order valence-electron chi connectivity index (χ1n) is 3.47. The van der Waals surface area contributed by atoms with Crippen molar-refractivity contribution in [2.24, 2.45) is 0 Å². The molecule has 1 aromatic carbocycles. The van der Waals surface area contributed by atoms with Crippen LogP contribution in [0, 0.1) is 17.5 Å². The zero-order valence-electron chi connectivity index (χ0n) is 6.86. The summed E-state index contributed by atoms with van der Waals surface area (Å²) in [5, 5.41) is 0. The van der Waals surface area contributed by atoms with E-state index in [-0.39, 0.29) is 12.1 Å². The van der Waals surface area contributed by atoms with Gasteiger partial charge in [-0.3, -0.25) is 0 Å². The quantitative estimate of drug-likeness (QED) is 0.582. The third kappa shape index (κ3) is 2.05. The highest BCUT2D eigenvalue weighted by Gasteiger charge is 2.39. The van der Waals surface area contributed by atoms with E-state index < -0.39 is 29.1 Å². The first kappa shape index (κ1) is 11.4. The molecule has 0 N–H and O–H groups in total. The maximum absolute atomic E-state index is 12.8. The summed E-state index contributed by atoms with van der Waals surface area (Å²) in [6.07, 6.45) is -4.39. The molecule has 2 nitrogen and oxygen atoms in total. The summed E-state index contributed by atoms with van der Waals surface area (Å²) >= 11 is 0. The number of hydrogen-bond acceptors (Lipinski definition) is 2. The van der Waals surface area contributed by atoms with Gasteiger partial charge in [0.1, 0.15) is 5.56 Å². The molecule has 0 aliphatic carbocycles. The van der Waals surface area contributed by atoms with Crippen LogP contribution in [0.25, 0.3) is 0 Å². The molecule has 0 atom stereocenters. The Kier molecular flexibility index (Phi) is 2.92. The highest BCUT2D eigenvalue weighted by Crippen LogP contribution is 2.32. The van der Waals surface area contributed by atoms with Gasteiger partial charge in [0.15, 0.2) is 17.5 Å². The predicted octanol–water partition coefficient (Wildman–Crippen LogP) is 2.24. The fourth-order valence-corrected chi connectivity index (χ4v) is 0.858. The van der Waals surface area contributed by atoms with Crippen molar-refractivity contribution < 1.29 is 31.5 Å². The molecule has 15 heavy (non-hydrogen) atoms. The normalized spacial score (nSPS) is 11.3. The van der Waals surface area contributed by atoms with E-state index >= 15 is 0 Å². The number of carbonyl (C=O) groups excluding carboxylic acids is 1. The standard InChI is InChI=1S/C8H2F5O2/c9-5-2-1-4(6(10)7(5)11)8(12,13)15-3-14/h1-2H. The van der Waals surface area contributed by atoms with Crippen molar-refractivity contribution in [2.45, 2.75) is 6.11 Å². The van der Waals surface area contributed by atoms with Crippen LogP contribution in [0.1, 0.15) is 5.56 Å². The topological polar surface area (TPSA) is 26.3 Å². The minimum absolute atomic E-state index is 0.269. The number of hydrogen-bond donors (Lipinski definition) is 0. The number of alkyl halides is 2. The molecule has 0 heterocycles. The molecule has 0 aliphatic rings. The zero-order chi connectivity index (χ0) is 11.6. The summed E-state index contributed by atoms with van der Waals surface area (Å²) in [4.78, 5) is 9.54. The van der Waals surface area contributed by atoms with Gasteiger partial charge >= 0.3 is 12.6 Å². The number of halogens is 5. The van der Waals surface area contributed by atoms with E-state index in [1.807, 2.05) is 0 Å². The zero-order valence-corrected chi connectivity index (χ0v) is 6.86. The average Bonchev–Trinajstić information content (AvgIpc) is 2.13. The maximum atomic E-state index is 12.8. The van der Waals surface area contributed by atoms with Crippen molar-refractivity contribution in [3.05, 3.63) is 35.1 Å². The summed E-state index contributed by atoms with van der Waals surface area (Å²) in [6, 6.07) is 0.556. The number of benzene rings is 1. The molecule has 0 unspecified atom stereocenters. The van der Waals surface area contributed by atoms with Crippen molar-refractivity contribution in [3.63, 3.8) is 0 Å². The summed E-state index contributed by atoms with van der Waals surface area (Å²) in [5.41, 5.74) is -1.58. The molecule has 1 radical (unpaired) electrons. The van der Waals surface area contributed by atoms with Crippen LogP contribution in [0.4, 0.5) is 22.0 Å². The summed E-state index contributed by atoms with van der Waals surface area (Å²) in [6.45, 7) is 0.385. The van der Waals surface area contributed by atoms with Crippen molar-refractivity contribution in [1.82, 2.24) is 0 Å². The molecular weight excluding hydrogens is 223 g/mol. The van der Waals surface area contributed by atoms with Crippen molar-refractivity contribution in [2.75, 3.05) is 0 Å². The van der Waals surface area contributed by atoms with E-state index in [1.54, 1.807) is 0 Å². The molecule has 0 fully saturated rings. The number of ether oxygens (including phenoxy) is 1. The average molecular weight is 225 g/mol. The Labute approximate surface area is 80.3 Å². The fourth-order valence-electron chi connectivity index (χ4n) is 0.858. The molecule has 0 bridgehead atoms. The van der Waals surface area contributed by atoms with Crippen LogP contribution in [0.5, 0.6) is 0 Å². The monoisotopic (exact) mass is 225 g/mol. The van der Waals surface area contributed by atoms with Gasteiger partial charge in [0.25, 0.3) is 0 Å². The first-order chi connectivity index (χ1) is 6.90. The second kappa shape index (κ2) is 3.84. The van der Waals surface area contributed by atoms with Gasteiger partial charge in [-0.2, -0.15) is 8.78 Å². The fraction of sp³-hybridized carbons (Fsp3) is 0.125. The minimum Gasteiger partial charge on any atom is -0.388 e. The van der Waals surface area contributed by atoms with Crippen LogP contribution < -0.4 is 0 Å². The lowest BCUT2D eigenvalue weighted by molar-refractivity contribution is -0.197. The van der Waals surface area contributed by atoms with Gasteiger partial charge < -0.3 is 4.74 Å². The molecule has 0 spiro atoms. The minimum atomic E-state index is -4.39. The Hall–Kier alpha value is -1.66. The summed E-state index contributed by atoms with van der Waals surface area (Å²) < 4.78 is 66.2. The van der Waals surface area contributed by atoms with Gasteiger partial charge in [-0.05, 0) is 12.1 Å². The maximum Gasteiger partial charge on any atom is 0.432 e. The molecule has 1 rings (SSSR count). The first-order valence-corrected chi connectivity index (χ1v) is 3.47. The van der Waals surface area contributed by atoms with E-state index in [0.717, 1.165) is 0 Å². The molecule has 1 aromatic rings. The van der Waals surface area contributed by atoms with Gasteiger partial charge in [-0.15, -0.1) is 0 Å². The van der Waals surface area contributed by atoms with Gasteiger partial charge in [0.2, 0.25) is 0 Å². The lowest BCUT2D eigenvalue weighted by Crippen LogP contribution is -2.20. The third-order valence-corrected chi connectivity index (χ3v) is 1.52. The van der Waals surface area contributed by atoms with E-state index in [4.69, 9.17) is 0 Å². The molecule has 0 aliphatic heterocycles. The summed E-state index contributed by atoms with van der Waals surface area (Å²) in [5.74, 6) is -5.81. The van der Waals surface area contributed by atoms with Gasteiger partial charge in [0, 0.05) is 0 Å². The van der Waals surface area contributed by atoms with Crippen molar-refractivity contribution in [1.29, 1.82) is 0 Å². The van der Waals surface area contributed by atoms with Gasteiger partial charge in [-0.25, -0.2) is 18.0 Å². The van der Waals surface area contributed by atoms with Crippen molar-refractivity contribution in [3.8, 4) is 0 Å². The van der Waals surface area contributed by atoms with Crippen LogP contribution in [-0.4, -0.2) is 6.47 Å². The van der Waals surface area contributed by atoms with Crippen LogP contribution in [0.3, 0.4) is 0 Å². The van der Waals surface area contributed by atoms with Crippen LogP contribution in [-0.2, 0) is 15.6 Å². The van der Waals surface area contributed by atoms with Gasteiger partial charge in [-0.1, -0.05) is 0 Å². The molecule has 0 saturated carbocycles. The van der Waals surface area contributed by atoms with E-state index in [9.17, 15) is 26.7 Å².